The Labute approximate surface area is 313 Å². The number of ether oxygens (including phenoxy) is 1. The van der Waals surface area contributed by atoms with E-state index in [9.17, 15) is 54.4 Å². The minimum Gasteiger partial charge on any atom is -0.497 e. The predicted octanol–water partition coefficient (Wildman–Crippen LogP) is 2.09. The number of nitrogens with one attached hydrogen (secondary N) is 4. The first-order valence-electron chi connectivity index (χ1n) is 16.8. The number of carbonyl (C=O) groups excluding carboxylic acids is 5. The van der Waals surface area contributed by atoms with Crippen molar-refractivity contribution in [2.24, 2.45) is 11.7 Å². The van der Waals surface area contributed by atoms with E-state index in [1.54, 1.807) is 13.8 Å². The summed E-state index contributed by atoms with van der Waals surface area (Å²) < 4.78 is 5.50. The van der Waals surface area contributed by atoms with E-state index in [0.29, 0.717) is 12.1 Å². The SMILES string of the molecule is CC(C)C[C@H](NC(=O)CNC(=O)[C@@H](NC(=O)/C(=C\c1cc([N+](=O)[O-])c(O)c([N+](=O)[O-])c1)NC(=O)OCC1c2ccccc2-c2ccccc21)[C@H](C)O)C(N)=O. The van der Waals surface area contributed by atoms with Gasteiger partial charge in [-0.25, -0.2) is 4.79 Å². The molecule has 19 heteroatoms. The number of phenols is 1. The van der Waals surface area contributed by atoms with Crippen LogP contribution in [0.2, 0.25) is 0 Å². The monoisotopic (exact) mass is 761 g/mol. The Morgan fingerprint density at radius 1 is 0.909 bits per heavy atom. The van der Waals surface area contributed by atoms with Crippen molar-refractivity contribution in [3.63, 3.8) is 0 Å². The lowest BCUT2D eigenvalue weighted by Gasteiger charge is -2.22. The van der Waals surface area contributed by atoms with E-state index in [1.165, 1.54) is 0 Å². The second kappa shape index (κ2) is 17.8. The first-order chi connectivity index (χ1) is 26.0. The van der Waals surface area contributed by atoms with Crippen LogP contribution in [0.5, 0.6) is 5.75 Å². The third-order valence-corrected chi connectivity index (χ3v) is 8.48. The Morgan fingerprint density at radius 2 is 1.45 bits per heavy atom. The number of aromatic hydroxyl groups is 1. The van der Waals surface area contributed by atoms with Crippen LogP contribution >= 0.6 is 0 Å². The Bertz CT molecular complexity index is 1970. The van der Waals surface area contributed by atoms with Crippen molar-refractivity contribution in [2.75, 3.05) is 13.2 Å². The minimum atomic E-state index is -1.78. The number of carbonyl (C=O) groups is 5. The summed E-state index contributed by atoms with van der Waals surface area (Å²) in [4.78, 5) is 85.2. The fourth-order valence-electron chi connectivity index (χ4n) is 5.92. The van der Waals surface area contributed by atoms with Gasteiger partial charge >= 0.3 is 17.5 Å². The Morgan fingerprint density at radius 3 is 1.95 bits per heavy atom. The lowest BCUT2D eigenvalue weighted by Crippen LogP contribution is -2.55. The smallest absolute Gasteiger partial charge is 0.411 e. The molecule has 0 heterocycles. The van der Waals surface area contributed by atoms with Gasteiger partial charge in [0.15, 0.2) is 0 Å². The van der Waals surface area contributed by atoms with Gasteiger partial charge in [0.05, 0.1) is 22.5 Å². The van der Waals surface area contributed by atoms with E-state index < -0.39 is 98.6 Å². The molecule has 0 fully saturated rings. The molecule has 0 spiro atoms. The van der Waals surface area contributed by atoms with E-state index in [-0.39, 0.29) is 18.9 Å². The number of alkyl carbamates (subject to hydrolysis) is 1. The number of benzene rings is 3. The molecule has 1 aliphatic rings. The molecule has 0 unspecified atom stereocenters. The minimum absolute atomic E-state index is 0.00892. The molecule has 8 N–H and O–H groups in total. The fraction of sp³-hybridized carbons (Fsp3) is 0.306. The van der Waals surface area contributed by atoms with Crippen molar-refractivity contribution in [2.45, 2.75) is 51.3 Å². The second-order valence-corrected chi connectivity index (χ2v) is 13.0. The molecule has 0 aromatic heterocycles. The van der Waals surface area contributed by atoms with Crippen LogP contribution in [0.25, 0.3) is 17.2 Å². The van der Waals surface area contributed by atoms with Gasteiger partial charge in [-0.2, -0.15) is 0 Å². The number of aliphatic hydroxyl groups is 1. The van der Waals surface area contributed by atoms with Crippen LogP contribution in [0.3, 0.4) is 0 Å². The van der Waals surface area contributed by atoms with Crippen molar-refractivity contribution in [3.8, 4) is 16.9 Å². The summed E-state index contributed by atoms with van der Waals surface area (Å²) in [5, 5.41) is 52.7. The summed E-state index contributed by atoms with van der Waals surface area (Å²) in [6.45, 7) is 3.83. The van der Waals surface area contributed by atoms with Crippen LogP contribution < -0.4 is 27.0 Å². The molecule has 4 rings (SSSR count). The van der Waals surface area contributed by atoms with Gasteiger partial charge in [0.1, 0.15) is 24.4 Å². The molecular weight excluding hydrogens is 722 g/mol. The van der Waals surface area contributed by atoms with E-state index in [2.05, 4.69) is 21.3 Å². The standard InChI is InChI=1S/C36H39N7O12/c1-18(2)12-26(33(37)47)39-30(45)16-38-35(49)31(19(3)44)41-34(48)27(13-20-14-28(42(51)52)32(46)29(15-20)43(53)54)40-36(50)55-17-25-23-10-6-4-8-21(23)22-9-5-7-11-24(22)25/h4-11,13-15,18-19,25-26,31,44,46H,12,16-17H2,1-3H3,(H2,37,47)(H,38,49)(H,39,45)(H,40,50)(H,41,48)/b27-13+/t19-,26-,31-/m0/s1. The first-order valence-corrected chi connectivity index (χ1v) is 16.8. The fourth-order valence-corrected chi connectivity index (χ4v) is 5.92. The van der Waals surface area contributed by atoms with Gasteiger partial charge < -0.3 is 36.6 Å². The van der Waals surface area contributed by atoms with Gasteiger partial charge in [-0.05, 0) is 53.2 Å². The number of primary amides is 1. The topological polar surface area (TPSA) is 295 Å². The highest BCUT2D eigenvalue weighted by molar-refractivity contribution is 6.03. The number of nitro groups is 2. The van der Waals surface area contributed by atoms with Gasteiger partial charge in [0.25, 0.3) is 11.7 Å². The predicted molar refractivity (Wildman–Crippen MR) is 195 cm³/mol. The normalized spacial score (nSPS) is 13.7. The maximum Gasteiger partial charge on any atom is 0.411 e. The molecule has 3 atom stereocenters. The highest BCUT2D eigenvalue weighted by Crippen LogP contribution is 2.44. The number of amides is 5. The molecule has 3 aromatic carbocycles. The number of hydrogen-bond donors (Lipinski definition) is 7. The number of phenolic OH excluding ortho intramolecular Hbond substituents is 1. The van der Waals surface area contributed by atoms with Gasteiger partial charge in [0, 0.05) is 18.1 Å². The zero-order valence-electron chi connectivity index (χ0n) is 29.8. The largest absolute Gasteiger partial charge is 0.497 e. The third-order valence-electron chi connectivity index (χ3n) is 8.48. The quantitative estimate of drug-likeness (QED) is 0.0627. The molecule has 19 nitrogen and oxygen atoms in total. The van der Waals surface area contributed by atoms with E-state index >= 15 is 0 Å². The number of fused-ring (bicyclic) bond motifs is 3. The van der Waals surface area contributed by atoms with Crippen molar-refractivity contribution < 1.29 is 48.8 Å². The molecule has 0 bridgehead atoms. The molecule has 5 amide bonds. The number of nitro benzene ring substituents is 2. The summed E-state index contributed by atoms with van der Waals surface area (Å²) in [6, 6.07) is 13.5. The summed E-state index contributed by atoms with van der Waals surface area (Å²) in [7, 11) is 0. The molecule has 0 saturated heterocycles. The molecule has 55 heavy (non-hydrogen) atoms. The number of rotatable bonds is 16. The molecule has 0 radical (unpaired) electrons. The maximum atomic E-state index is 13.7. The molecule has 0 aliphatic heterocycles. The number of nitrogens with two attached hydrogens (primary N) is 1. The third kappa shape index (κ3) is 10.2. The average Bonchev–Trinajstić information content (AvgIpc) is 3.44. The van der Waals surface area contributed by atoms with Crippen LogP contribution in [0, 0.1) is 26.1 Å². The number of nitrogens with zero attached hydrogens (tertiary/aromatic N) is 2. The summed E-state index contributed by atoms with van der Waals surface area (Å²) in [5.74, 6) is -5.62. The van der Waals surface area contributed by atoms with Crippen LogP contribution in [-0.4, -0.2) is 81.1 Å². The highest BCUT2D eigenvalue weighted by atomic mass is 16.6. The van der Waals surface area contributed by atoms with E-state index in [4.69, 9.17) is 10.5 Å². The second-order valence-electron chi connectivity index (χ2n) is 13.0. The Balaban J connectivity index is 1.59. The first kappa shape index (κ1) is 40.9. The van der Waals surface area contributed by atoms with Crippen molar-refractivity contribution in [3.05, 3.63) is 103 Å². The summed E-state index contributed by atoms with van der Waals surface area (Å²) in [5.41, 5.74) is 5.63. The van der Waals surface area contributed by atoms with E-state index in [0.717, 1.165) is 35.3 Å². The lowest BCUT2D eigenvalue weighted by atomic mass is 9.98. The number of hydrogen-bond acceptors (Lipinski definition) is 12. The van der Waals surface area contributed by atoms with Crippen LogP contribution in [0.15, 0.2) is 66.4 Å². The van der Waals surface area contributed by atoms with Gasteiger partial charge in [-0.3, -0.25) is 44.7 Å². The molecule has 0 saturated carbocycles. The van der Waals surface area contributed by atoms with Gasteiger partial charge in [-0.1, -0.05) is 62.4 Å². The van der Waals surface area contributed by atoms with Crippen molar-refractivity contribution >= 4 is 47.2 Å². The van der Waals surface area contributed by atoms with Crippen LogP contribution in [0.4, 0.5) is 16.2 Å². The zero-order valence-corrected chi connectivity index (χ0v) is 29.8. The highest BCUT2D eigenvalue weighted by Gasteiger charge is 2.32. The van der Waals surface area contributed by atoms with E-state index in [1.807, 2.05) is 48.5 Å². The van der Waals surface area contributed by atoms with Gasteiger partial charge in [0.2, 0.25) is 17.7 Å². The Kier molecular flexibility index (Phi) is 13.2. The van der Waals surface area contributed by atoms with Crippen LogP contribution in [-0.2, 0) is 23.9 Å². The zero-order chi connectivity index (χ0) is 40.6. The number of aliphatic hydroxyl groups excluding tert-OH is 1. The average molecular weight is 762 g/mol. The van der Waals surface area contributed by atoms with Gasteiger partial charge in [-0.15, -0.1) is 0 Å². The summed E-state index contributed by atoms with van der Waals surface area (Å²) in [6.07, 6.45) is -1.80. The lowest BCUT2D eigenvalue weighted by molar-refractivity contribution is -0.396. The summed E-state index contributed by atoms with van der Waals surface area (Å²) >= 11 is 0. The van der Waals surface area contributed by atoms with Crippen LogP contribution in [0.1, 0.15) is 49.8 Å². The maximum absolute atomic E-state index is 13.7. The molecule has 1 aliphatic carbocycles. The molecular formula is C36H39N7O12. The van der Waals surface area contributed by atoms with Crippen molar-refractivity contribution in [1.29, 1.82) is 0 Å². The Hall–Kier alpha value is -6.89. The molecule has 3 aromatic rings. The van der Waals surface area contributed by atoms with Crippen molar-refractivity contribution in [1.82, 2.24) is 21.3 Å². The molecule has 290 valence electrons.